The van der Waals surface area contributed by atoms with Gasteiger partial charge in [-0.15, -0.1) is 0 Å². The Morgan fingerprint density at radius 3 is 2.26 bits per heavy atom. The van der Waals surface area contributed by atoms with Gasteiger partial charge in [-0.3, -0.25) is 4.79 Å². The van der Waals surface area contributed by atoms with Gasteiger partial charge < -0.3 is 9.64 Å². The minimum atomic E-state index is -0.772. The van der Waals surface area contributed by atoms with E-state index in [1.54, 1.807) is 6.92 Å². The van der Waals surface area contributed by atoms with E-state index < -0.39 is 11.6 Å². The van der Waals surface area contributed by atoms with E-state index in [0.717, 1.165) is 29.8 Å². The van der Waals surface area contributed by atoms with Gasteiger partial charge in [-0.25, -0.2) is 4.79 Å². The molecule has 1 saturated carbocycles. The van der Waals surface area contributed by atoms with Gasteiger partial charge in [0.2, 0.25) is 0 Å². The van der Waals surface area contributed by atoms with Crippen LogP contribution in [0, 0.1) is 0 Å². The van der Waals surface area contributed by atoms with Crippen LogP contribution in [-0.4, -0.2) is 34.2 Å². The molecule has 0 N–H and O–H groups in total. The molecule has 2 aliphatic rings. The summed E-state index contributed by atoms with van der Waals surface area (Å²) < 4.78 is 5.10. The van der Waals surface area contributed by atoms with Crippen LogP contribution in [0.1, 0.15) is 65.4 Å². The molecule has 0 atom stereocenters. The van der Waals surface area contributed by atoms with Gasteiger partial charge in [0.25, 0.3) is 5.91 Å². The van der Waals surface area contributed by atoms with Crippen molar-refractivity contribution in [2.75, 3.05) is 11.5 Å². The monoisotopic (exact) mass is 388 g/mol. The minimum absolute atomic E-state index is 0.0410. The zero-order valence-electron chi connectivity index (χ0n) is 16.6. The van der Waals surface area contributed by atoms with Crippen LogP contribution in [-0.2, 0) is 14.9 Å². The van der Waals surface area contributed by atoms with Crippen LogP contribution < -0.4 is 4.90 Å². The summed E-state index contributed by atoms with van der Waals surface area (Å²) in [5.41, 5.74) is 1.34. The second-order valence-electron chi connectivity index (χ2n) is 8.35. The molecule has 2 amide bonds. The average molecular weight is 389 g/mol. The van der Waals surface area contributed by atoms with Crippen molar-refractivity contribution in [3.05, 3.63) is 29.8 Å². The van der Waals surface area contributed by atoms with Gasteiger partial charge in [0, 0.05) is 5.69 Å². The summed E-state index contributed by atoms with van der Waals surface area (Å²) in [6, 6.07) is 8.16. The number of ether oxygens (including phenoxy) is 1. The zero-order valence-corrected chi connectivity index (χ0v) is 17.4. The third-order valence-electron chi connectivity index (χ3n) is 5.53. The molecule has 1 aliphatic heterocycles. The van der Waals surface area contributed by atoms with Crippen molar-refractivity contribution >= 4 is 35.0 Å². The summed E-state index contributed by atoms with van der Waals surface area (Å²) in [5, 5.41) is 0.226. The molecule has 1 heterocycles. The fourth-order valence-electron chi connectivity index (χ4n) is 4.06. The summed E-state index contributed by atoms with van der Waals surface area (Å²) in [7, 11) is 0. The largest absolute Gasteiger partial charge is 0.449 e. The highest BCUT2D eigenvalue weighted by Crippen LogP contribution is 2.43. The molecule has 27 heavy (non-hydrogen) atoms. The van der Waals surface area contributed by atoms with Gasteiger partial charge in [0.1, 0.15) is 5.54 Å². The van der Waals surface area contributed by atoms with Crippen molar-refractivity contribution in [3.8, 4) is 0 Å². The molecule has 0 aromatic heterocycles. The van der Waals surface area contributed by atoms with Crippen LogP contribution in [0.5, 0.6) is 0 Å². The molecular weight excluding hydrogens is 360 g/mol. The summed E-state index contributed by atoms with van der Waals surface area (Å²) in [6.45, 7) is 8.42. The molecule has 6 heteroatoms. The van der Waals surface area contributed by atoms with Crippen LogP contribution in [0.2, 0.25) is 0 Å². The van der Waals surface area contributed by atoms with Crippen LogP contribution >= 0.6 is 12.2 Å². The predicted octanol–water partition coefficient (Wildman–Crippen LogP) is 4.78. The lowest BCUT2D eigenvalue weighted by Gasteiger charge is -2.39. The fraction of sp³-hybridized carbons (Fsp3) is 0.571. The number of hydrogen-bond acceptors (Lipinski definition) is 4. The maximum atomic E-state index is 13.3. The standard InChI is InChI=1S/C21H28N2O3S/c1-5-26-19(25)22-17(24)21(13-7-6-8-14-21)23(18(22)27)16-11-9-15(10-12-16)20(2,3)4/h9-12H,5-8,13-14H2,1-4H3. The first kappa shape index (κ1) is 19.8. The highest BCUT2D eigenvalue weighted by molar-refractivity contribution is 7.80. The Bertz CT molecular complexity index is 746. The lowest BCUT2D eigenvalue weighted by atomic mass is 9.80. The van der Waals surface area contributed by atoms with E-state index in [9.17, 15) is 9.59 Å². The van der Waals surface area contributed by atoms with Gasteiger partial charge >= 0.3 is 6.09 Å². The molecule has 0 radical (unpaired) electrons. The molecule has 5 nitrogen and oxygen atoms in total. The highest BCUT2D eigenvalue weighted by atomic mass is 32.1. The van der Waals surface area contributed by atoms with Crippen LogP contribution in [0.3, 0.4) is 0 Å². The molecule has 1 spiro atoms. The van der Waals surface area contributed by atoms with Crippen molar-refractivity contribution < 1.29 is 14.3 Å². The van der Waals surface area contributed by atoms with Crippen LogP contribution in [0.15, 0.2) is 24.3 Å². The first-order chi connectivity index (χ1) is 12.7. The number of nitrogens with zero attached hydrogens (tertiary/aromatic N) is 2. The van der Waals surface area contributed by atoms with Crippen LogP contribution in [0.4, 0.5) is 10.5 Å². The number of carbonyl (C=O) groups excluding carboxylic acids is 2. The number of amides is 2. The van der Waals surface area contributed by atoms with Gasteiger partial charge in [0.05, 0.1) is 6.61 Å². The number of imide groups is 1. The third kappa shape index (κ3) is 3.35. The molecule has 2 fully saturated rings. The zero-order chi connectivity index (χ0) is 19.8. The summed E-state index contributed by atoms with van der Waals surface area (Å²) >= 11 is 5.60. The van der Waals surface area contributed by atoms with Crippen molar-refractivity contribution in [2.45, 2.75) is 70.8 Å². The molecule has 1 saturated heterocycles. The SMILES string of the molecule is CCOC(=O)N1C(=O)C2(CCCCC2)N(c2ccc(C(C)(C)C)cc2)C1=S. The van der Waals surface area contributed by atoms with Crippen molar-refractivity contribution in [1.29, 1.82) is 0 Å². The first-order valence-electron chi connectivity index (χ1n) is 9.68. The molecule has 1 aliphatic carbocycles. The van der Waals surface area contributed by atoms with Gasteiger partial charge in [-0.2, -0.15) is 4.90 Å². The minimum Gasteiger partial charge on any atom is -0.449 e. The van der Waals surface area contributed by atoms with E-state index in [-0.39, 0.29) is 23.0 Å². The maximum Gasteiger partial charge on any atom is 0.423 e. The van der Waals surface area contributed by atoms with E-state index in [4.69, 9.17) is 17.0 Å². The topological polar surface area (TPSA) is 49.9 Å². The second-order valence-corrected chi connectivity index (χ2v) is 8.71. The average Bonchev–Trinajstić information content (AvgIpc) is 2.82. The Balaban J connectivity index is 2.03. The fourth-order valence-corrected chi connectivity index (χ4v) is 4.50. The van der Waals surface area contributed by atoms with Crippen molar-refractivity contribution in [3.63, 3.8) is 0 Å². The van der Waals surface area contributed by atoms with Crippen molar-refractivity contribution in [1.82, 2.24) is 4.90 Å². The normalized spacial score (nSPS) is 19.7. The maximum absolute atomic E-state index is 13.3. The lowest BCUT2D eigenvalue weighted by molar-refractivity contribution is -0.130. The molecule has 1 aromatic rings. The number of thiocarbonyl (C=S) groups is 1. The van der Waals surface area contributed by atoms with E-state index >= 15 is 0 Å². The number of carbonyl (C=O) groups is 2. The predicted molar refractivity (Wildman–Crippen MR) is 110 cm³/mol. The smallest absolute Gasteiger partial charge is 0.423 e. The number of benzene rings is 1. The Morgan fingerprint density at radius 1 is 1.15 bits per heavy atom. The lowest BCUT2D eigenvalue weighted by Crippen LogP contribution is -2.51. The second kappa shape index (κ2) is 7.23. The van der Waals surface area contributed by atoms with Crippen LogP contribution in [0.25, 0.3) is 0 Å². The summed E-state index contributed by atoms with van der Waals surface area (Å²) in [5.74, 6) is -0.245. The first-order valence-corrected chi connectivity index (χ1v) is 10.1. The van der Waals surface area contributed by atoms with E-state index in [1.165, 1.54) is 5.56 Å². The van der Waals surface area contributed by atoms with E-state index in [1.807, 2.05) is 17.0 Å². The van der Waals surface area contributed by atoms with E-state index in [2.05, 4.69) is 32.9 Å². The number of anilines is 1. The van der Waals surface area contributed by atoms with Crippen molar-refractivity contribution in [2.24, 2.45) is 0 Å². The highest BCUT2D eigenvalue weighted by Gasteiger charge is 2.58. The molecule has 0 unspecified atom stereocenters. The van der Waals surface area contributed by atoms with Gasteiger partial charge in [0.15, 0.2) is 5.11 Å². The number of hydrogen-bond donors (Lipinski definition) is 0. The quantitative estimate of drug-likeness (QED) is 0.683. The molecule has 0 bridgehead atoms. The molecular formula is C21H28N2O3S. The molecule has 1 aromatic carbocycles. The Labute approximate surface area is 166 Å². The Hall–Kier alpha value is -1.95. The van der Waals surface area contributed by atoms with Gasteiger partial charge in [-0.1, -0.05) is 52.2 Å². The Kier molecular flexibility index (Phi) is 5.30. The van der Waals surface area contributed by atoms with Gasteiger partial charge in [-0.05, 0) is 55.1 Å². The summed E-state index contributed by atoms with van der Waals surface area (Å²) in [6.07, 6.45) is 3.71. The molecule has 146 valence electrons. The molecule has 3 rings (SSSR count). The third-order valence-corrected chi connectivity index (χ3v) is 5.90. The Morgan fingerprint density at radius 2 is 1.74 bits per heavy atom. The number of rotatable bonds is 2. The summed E-state index contributed by atoms with van der Waals surface area (Å²) in [4.78, 5) is 28.7. The van der Waals surface area contributed by atoms with E-state index in [0.29, 0.717) is 12.8 Å².